The van der Waals surface area contributed by atoms with Gasteiger partial charge in [0.05, 0.1) is 12.8 Å². The predicted octanol–water partition coefficient (Wildman–Crippen LogP) is 1.70. The fourth-order valence-electron chi connectivity index (χ4n) is 2.04. The number of rotatable bonds is 7. The average Bonchev–Trinajstić information content (AvgIpc) is 3.32. The van der Waals surface area contributed by atoms with Crippen molar-refractivity contribution in [2.45, 2.75) is 11.3 Å². The number of ether oxygens (including phenoxy) is 1. The molecule has 0 atom stereocenters. The molecule has 8 nitrogen and oxygen atoms in total. The van der Waals surface area contributed by atoms with E-state index in [0.29, 0.717) is 11.6 Å². The number of aromatic nitrogens is 3. The lowest BCUT2D eigenvalue weighted by atomic mass is 10.3. The minimum absolute atomic E-state index is 0.0598. The first-order chi connectivity index (χ1) is 12.0. The first kappa shape index (κ1) is 17.7. The molecule has 25 heavy (non-hydrogen) atoms. The molecule has 3 rings (SSSR count). The van der Waals surface area contributed by atoms with Gasteiger partial charge >= 0.3 is 5.97 Å². The normalized spacial score (nSPS) is 11.6. The van der Waals surface area contributed by atoms with Gasteiger partial charge in [-0.15, -0.1) is 22.7 Å². The Balaban J connectivity index is 1.64. The van der Waals surface area contributed by atoms with Crippen LogP contribution < -0.4 is 4.72 Å². The largest absolute Gasteiger partial charge is 0.465 e. The molecule has 0 saturated carbocycles. The second-order valence-electron chi connectivity index (χ2n) is 4.83. The van der Waals surface area contributed by atoms with Crippen molar-refractivity contribution >= 4 is 38.7 Å². The Bertz CT molecular complexity index is 960. The Kier molecular flexibility index (Phi) is 5.27. The van der Waals surface area contributed by atoms with Gasteiger partial charge < -0.3 is 4.74 Å². The molecule has 0 saturated heterocycles. The third-order valence-electron chi connectivity index (χ3n) is 3.20. The first-order valence-electron chi connectivity index (χ1n) is 7.11. The Labute approximate surface area is 152 Å². The maximum absolute atomic E-state index is 12.4. The Hall–Kier alpha value is -2.08. The molecule has 0 aliphatic heterocycles. The number of methoxy groups -OCH3 is 1. The van der Waals surface area contributed by atoms with Crippen LogP contribution in [0.4, 0.5) is 0 Å². The zero-order valence-corrected chi connectivity index (χ0v) is 15.5. The third-order valence-corrected chi connectivity index (χ3v) is 6.61. The summed E-state index contributed by atoms with van der Waals surface area (Å²) in [6, 6.07) is 3.19. The third kappa shape index (κ3) is 3.95. The highest BCUT2D eigenvalue weighted by atomic mass is 32.2. The molecule has 3 heterocycles. The van der Waals surface area contributed by atoms with Gasteiger partial charge in [-0.2, -0.15) is 5.10 Å². The molecule has 0 aliphatic carbocycles. The summed E-state index contributed by atoms with van der Waals surface area (Å²) in [5.41, 5.74) is 0.761. The van der Waals surface area contributed by atoms with Gasteiger partial charge in [0.25, 0.3) is 0 Å². The molecular formula is C14H14N4O4S3. The zero-order chi connectivity index (χ0) is 17.9. The maximum Gasteiger partial charge on any atom is 0.349 e. The highest BCUT2D eigenvalue weighted by Gasteiger charge is 2.24. The molecule has 1 N–H and O–H groups in total. The standard InChI is InChI=1S/C14H14N4O4S3/c1-22-13(19)12-11(4-8-23-12)25(20,21)16-6-3-10-9-24-14(17-10)18-7-2-5-15-18/h2,4-5,7-9,16H,3,6H2,1H3. The predicted molar refractivity (Wildman–Crippen MR) is 93.8 cm³/mol. The van der Waals surface area contributed by atoms with Gasteiger partial charge in [-0.05, 0) is 17.5 Å². The van der Waals surface area contributed by atoms with Crippen LogP contribution in [0.1, 0.15) is 15.4 Å². The number of sulfonamides is 1. The van der Waals surface area contributed by atoms with E-state index in [1.807, 2.05) is 5.38 Å². The van der Waals surface area contributed by atoms with E-state index >= 15 is 0 Å². The number of nitrogens with one attached hydrogen (secondary N) is 1. The van der Waals surface area contributed by atoms with E-state index in [4.69, 9.17) is 0 Å². The van der Waals surface area contributed by atoms with Crippen LogP contribution in [0, 0.1) is 0 Å². The number of carbonyl (C=O) groups is 1. The fraction of sp³-hybridized carbons (Fsp3) is 0.214. The van der Waals surface area contributed by atoms with Crippen LogP contribution in [0.3, 0.4) is 0 Å². The minimum atomic E-state index is -3.79. The van der Waals surface area contributed by atoms with E-state index in [-0.39, 0.29) is 16.3 Å². The maximum atomic E-state index is 12.4. The number of carbonyl (C=O) groups excluding carboxylic acids is 1. The second kappa shape index (κ2) is 7.44. The summed E-state index contributed by atoms with van der Waals surface area (Å²) < 4.78 is 33.5. The van der Waals surface area contributed by atoms with E-state index in [0.717, 1.165) is 17.0 Å². The lowest BCUT2D eigenvalue weighted by Gasteiger charge is -2.06. The molecule has 11 heteroatoms. The monoisotopic (exact) mass is 398 g/mol. The smallest absolute Gasteiger partial charge is 0.349 e. The molecule has 3 aromatic rings. The van der Waals surface area contributed by atoms with E-state index in [1.165, 1.54) is 29.9 Å². The highest BCUT2D eigenvalue weighted by molar-refractivity contribution is 7.89. The van der Waals surface area contributed by atoms with Crippen molar-refractivity contribution in [3.8, 4) is 5.13 Å². The number of esters is 1. The van der Waals surface area contributed by atoms with Gasteiger partial charge in [0, 0.05) is 30.7 Å². The summed E-state index contributed by atoms with van der Waals surface area (Å²) in [5.74, 6) is -0.668. The molecule has 0 bridgehead atoms. The van der Waals surface area contributed by atoms with Crippen LogP contribution in [0.5, 0.6) is 0 Å². The summed E-state index contributed by atoms with van der Waals surface area (Å²) >= 11 is 2.45. The van der Waals surface area contributed by atoms with Crippen molar-refractivity contribution in [2.75, 3.05) is 13.7 Å². The van der Waals surface area contributed by atoms with Gasteiger partial charge in [-0.25, -0.2) is 27.6 Å². The topological polar surface area (TPSA) is 103 Å². The Morgan fingerprint density at radius 3 is 2.96 bits per heavy atom. The van der Waals surface area contributed by atoms with Crippen LogP contribution in [0.25, 0.3) is 5.13 Å². The van der Waals surface area contributed by atoms with Gasteiger partial charge in [0.1, 0.15) is 9.77 Å². The van der Waals surface area contributed by atoms with Gasteiger partial charge in [-0.1, -0.05) is 0 Å². The van der Waals surface area contributed by atoms with Crippen molar-refractivity contribution in [1.82, 2.24) is 19.5 Å². The van der Waals surface area contributed by atoms with Crippen molar-refractivity contribution in [3.63, 3.8) is 0 Å². The first-order valence-corrected chi connectivity index (χ1v) is 10.4. The lowest BCUT2D eigenvalue weighted by molar-refractivity contribution is 0.0602. The molecule has 0 radical (unpaired) electrons. The molecular weight excluding hydrogens is 384 g/mol. The molecule has 0 fully saturated rings. The number of hydrogen-bond donors (Lipinski definition) is 1. The van der Waals surface area contributed by atoms with Crippen molar-refractivity contribution in [1.29, 1.82) is 0 Å². The summed E-state index contributed by atoms with van der Waals surface area (Å²) in [7, 11) is -2.58. The fourth-order valence-corrected chi connectivity index (χ4v) is 5.20. The van der Waals surface area contributed by atoms with Crippen LogP contribution >= 0.6 is 22.7 Å². The van der Waals surface area contributed by atoms with E-state index in [1.54, 1.807) is 23.1 Å². The summed E-state index contributed by atoms with van der Waals surface area (Å²) in [6.45, 7) is 0.168. The van der Waals surface area contributed by atoms with Gasteiger partial charge in [0.2, 0.25) is 15.2 Å². The quantitative estimate of drug-likeness (QED) is 0.608. The van der Waals surface area contributed by atoms with Crippen LogP contribution in [-0.2, 0) is 21.2 Å². The molecule has 0 spiro atoms. The Morgan fingerprint density at radius 2 is 2.24 bits per heavy atom. The Morgan fingerprint density at radius 1 is 1.40 bits per heavy atom. The van der Waals surface area contributed by atoms with Crippen LogP contribution in [0.15, 0.2) is 40.2 Å². The van der Waals surface area contributed by atoms with Gasteiger partial charge in [0.15, 0.2) is 0 Å². The lowest BCUT2D eigenvalue weighted by Crippen LogP contribution is -2.27. The van der Waals surface area contributed by atoms with Crippen molar-refractivity contribution in [2.24, 2.45) is 0 Å². The number of nitrogens with zero attached hydrogens (tertiary/aromatic N) is 3. The number of hydrogen-bond acceptors (Lipinski definition) is 8. The molecule has 0 aliphatic rings. The average molecular weight is 398 g/mol. The van der Waals surface area contributed by atoms with Crippen LogP contribution in [-0.4, -0.2) is 42.8 Å². The number of thiophene rings is 1. The molecule has 3 aromatic heterocycles. The van der Waals surface area contributed by atoms with E-state index in [2.05, 4.69) is 19.5 Å². The molecule has 132 valence electrons. The minimum Gasteiger partial charge on any atom is -0.465 e. The summed E-state index contributed by atoms with van der Waals surface area (Å²) in [4.78, 5) is 16.0. The highest BCUT2D eigenvalue weighted by Crippen LogP contribution is 2.22. The molecule has 0 aromatic carbocycles. The molecule has 0 unspecified atom stereocenters. The summed E-state index contributed by atoms with van der Waals surface area (Å²) in [6.07, 6.45) is 3.87. The molecule has 0 amide bonds. The van der Waals surface area contributed by atoms with Crippen molar-refractivity contribution < 1.29 is 17.9 Å². The van der Waals surface area contributed by atoms with Crippen LogP contribution in [0.2, 0.25) is 0 Å². The second-order valence-corrected chi connectivity index (χ2v) is 8.31. The zero-order valence-electron chi connectivity index (χ0n) is 13.1. The SMILES string of the molecule is COC(=O)c1sccc1S(=O)(=O)NCCc1csc(-n2cccn2)n1. The van der Waals surface area contributed by atoms with Crippen molar-refractivity contribution in [3.05, 3.63) is 45.9 Å². The summed E-state index contributed by atoms with van der Waals surface area (Å²) in [5, 5.41) is 8.21. The van der Waals surface area contributed by atoms with E-state index < -0.39 is 16.0 Å². The number of thiazole rings is 1. The van der Waals surface area contributed by atoms with E-state index in [9.17, 15) is 13.2 Å². The van der Waals surface area contributed by atoms with Gasteiger partial charge in [-0.3, -0.25) is 0 Å².